The lowest BCUT2D eigenvalue weighted by Crippen LogP contribution is -2.29. The van der Waals surface area contributed by atoms with Gasteiger partial charge in [0.25, 0.3) is 5.91 Å². The summed E-state index contributed by atoms with van der Waals surface area (Å²) in [5.41, 5.74) is 4.22. The molecule has 1 N–H and O–H groups in total. The van der Waals surface area contributed by atoms with Crippen LogP contribution >= 0.6 is 15.9 Å². The van der Waals surface area contributed by atoms with E-state index in [1.54, 1.807) is 33.5 Å². The zero-order chi connectivity index (χ0) is 27.6. The van der Waals surface area contributed by atoms with Crippen molar-refractivity contribution in [1.29, 1.82) is 0 Å². The van der Waals surface area contributed by atoms with Crippen LogP contribution in [0.2, 0.25) is 0 Å². The molecule has 200 valence electrons. The maximum atomic E-state index is 13.5. The van der Waals surface area contributed by atoms with Gasteiger partial charge in [-0.2, -0.15) is 0 Å². The molecule has 0 saturated carbocycles. The Balaban J connectivity index is 1.94. The van der Waals surface area contributed by atoms with Gasteiger partial charge in [-0.25, -0.2) is 0 Å². The van der Waals surface area contributed by atoms with Gasteiger partial charge in [0.15, 0.2) is 17.2 Å². The number of hydrogen-bond donors (Lipinski definition) is 1. The summed E-state index contributed by atoms with van der Waals surface area (Å²) in [6.07, 6.45) is 1.10. The largest absolute Gasteiger partial charge is 0.493 e. The number of benzene rings is 2. The Morgan fingerprint density at radius 3 is 2.29 bits per heavy atom. The number of nitrogens with one attached hydrogen (secondary N) is 1. The molecule has 0 unspecified atom stereocenters. The van der Waals surface area contributed by atoms with Crippen LogP contribution in [0.4, 0.5) is 5.69 Å². The number of fused-ring (bicyclic) bond motifs is 3. The van der Waals surface area contributed by atoms with Crippen LogP contribution in [0.5, 0.6) is 23.0 Å². The number of halogens is 1. The molecule has 8 nitrogen and oxygen atoms in total. The fourth-order valence-corrected chi connectivity index (χ4v) is 5.59. The molecule has 0 bridgehead atoms. The van der Waals surface area contributed by atoms with Gasteiger partial charge in [-0.15, -0.1) is 0 Å². The van der Waals surface area contributed by atoms with Crippen molar-refractivity contribution >= 4 is 27.5 Å². The Morgan fingerprint density at radius 1 is 0.947 bits per heavy atom. The Bertz CT molecular complexity index is 1440. The van der Waals surface area contributed by atoms with Crippen LogP contribution in [0.15, 0.2) is 51.7 Å². The molecular formula is C29H31BrN2O6. The van der Waals surface area contributed by atoms with Crippen LogP contribution in [0.3, 0.4) is 0 Å². The second-order valence-corrected chi connectivity index (χ2v) is 9.85. The van der Waals surface area contributed by atoms with Crippen LogP contribution in [0.25, 0.3) is 11.1 Å². The molecule has 1 atom stereocenters. The van der Waals surface area contributed by atoms with E-state index in [9.17, 15) is 9.59 Å². The van der Waals surface area contributed by atoms with Gasteiger partial charge in [0, 0.05) is 30.9 Å². The Morgan fingerprint density at radius 2 is 1.66 bits per heavy atom. The summed E-state index contributed by atoms with van der Waals surface area (Å²) < 4.78 is 23.3. The first-order chi connectivity index (χ1) is 18.2. The highest BCUT2D eigenvalue weighted by atomic mass is 79.9. The standard InChI is InChI=1S/C29H31BrN2O6/c1-32(2)17-9-7-8-16(14-17)29(34)31-21-12-10-19-24(18-11-13-23(35-3)22(33)15-20(18)21)26(36-4)28(38-6)27(37-5)25(19)30/h7-9,11,13-15,21H,10,12H2,1-6H3,(H,31,34)/t21-/m0/s1. The minimum Gasteiger partial charge on any atom is -0.493 e. The number of ether oxygens (including phenoxy) is 4. The molecule has 0 heterocycles. The third-order valence-electron chi connectivity index (χ3n) is 6.74. The van der Waals surface area contributed by atoms with E-state index in [0.29, 0.717) is 41.2 Å². The Kier molecular flexibility index (Phi) is 8.16. The van der Waals surface area contributed by atoms with Crippen molar-refractivity contribution in [2.24, 2.45) is 0 Å². The van der Waals surface area contributed by atoms with E-state index < -0.39 is 6.04 Å². The van der Waals surface area contributed by atoms with E-state index in [1.165, 1.54) is 13.2 Å². The first-order valence-electron chi connectivity index (χ1n) is 12.1. The number of methoxy groups -OCH3 is 4. The lowest BCUT2D eigenvalue weighted by atomic mass is 9.95. The molecule has 1 amide bonds. The number of carbonyl (C=O) groups excluding carboxylic acids is 1. The van der Waals surface area contributed by atoms with E-state index in [4.69, 9.17) is 18.9 Å². The quantitative estimate of drug-likeness (QED) is 0.419. The van der Waals surface area contributed by atoms with Crippen molar-refractivity contribution in [3.8, 4) is 34.1 Å². The summed E-state index contributed by atoms with van der Waals surface area (Å²) in [6.45, 7) is 0. The van der Waals surface area contributed by atoms with Crippen LogP contribution in [-0.4, -0.2) is 48.4 Å². The lowest BCUT2D eigenvalue weighted by Gasteiger charge is -2.21. The number of carbonyl (C=O) groups is 1. The van der Waals surface area contributed by atoms with Gasteiger partial charge < -0.3 is 29.2 Å². The maximum Gasteiger partial charge on any atom is 0.251 e. The maximum absolute atomic E-state index is 13.5. The fraction of sp³-hybridized carbons (Fsp3) is 0.310. The number of nitrogens with zero attached hydrogens (tertiary/aromatic N) is 1. The number of amides is 1. The predicted molar refractivity (Wildman–Crippen MR) is 151 cm³/mol. The van der Waals surface area contributed by atoms with Crippen molar-refractivity contribution in [3.63, 3.8) is 0 Å². The summed E-state index contributed by atoms with van der Waals surface area (Å²) in [5, 5.41) is 3.17. The summed E-state index contributed by atoms with van der Waals surface area (Å²) >= 11 is 3.71. The van der Waals surface area contributed by atoms with Crippen molar-refractivity contribution in [1.82, 2.24) is 5.32 Å². The molecule has 0 aliphatic heterocycles. The molecule has 0 aromatic heterocycles. The SMILES string of the molecule is COc1c(Br)c2c(c(OC)c1OC)-c1ccc(OC)c(=O)cc1[C@@H](NC(=O)c1cccc(N(C)C)c1)CC2. The summed E-state index contributed by atoms with van der Waals surface area (Å²) in [4.78, 5) is 28.5. The second kappa shape index (κ2) is 11.3. The molecule has 0 saturated heterocycles. The highest BCUT2D eigenvalue weighted by Gasteiger charge is 2.32. The average Bonchev–Trinajstić information content (AvgIpc) is 3.17. The molecule has 0 radical (unpaired) electrons. The van der Waals surface area contributed by atoms with Gasteiger partial charge in [-0.05, 0) is 75.8 Å². The predicted octanol–water partition coefficient (Wildman–Crippen LogP) is 4.99. The van der Waals surface area contributed by atoms with Crippen LogP contribution < -0.4 is 34.6 Å². The molecule has 0 fully saturated rings. The topological polar surface area (TPSA) is 86.3 Å². The van der Waals surface area contributed by atoms with Gasteiger partial charge in [0.05, 0.1) is 39.0 Å². The van der Waals surface area contributed by atoms with Crippen molar-refractivity contribution in [3.05, 3.63) is 73.9 Å². The van der Waals surface area contributed by atoms with Gasteiger partial charge in [-0.1, -0.05) is 12.1 Å². The molecule has 1 aliphatic carbocycles. The lowest BCUT2D eigenvalue weighted by molar-refractivity contribution is 0.0935. The Labute approximate surface area is 230 Å². The van der Waals surface area contributed by atoms with E-state index in [2.05, 4.69) is 21.2 Å². The molecule has 9 heteroatoms. The van der Waals surface area contributed by atoms with Gasteiger partial charge in [0.2, 0.25) is 11.2 Å². The van der Waals surface area contributed by atoms with Crippen LogP contribution in [0.1, 0.15) is 33.9 Å². The monoisotopic (exact) mass is 582 g/mol. The van der Waals surface area contributed by atoms with Gasteiger partial charge in [0.1, 0.15) is 0 Å². The summed E-state index contributed by atoms with van der Waals surface area (Å²) in [6, 6.07) is 11.9. The first kappa shape index (κ1) is 27.3. The van der Waals surface area contributed by atoms with Crippen molar-refractivity contribution in [2.45, 2.75) is 18.9 Å². The zero-order valence-corrected chi connectivity index (χ0v) is 23.9. The van der Waals surface area contributed by atoms with Crippen LogP contribution in [0, 0.1) is 0 Å². The number of hydrogen-bond acceptors (Lipinski definition) is 7. The van der Waals surface area contributed by atoms with Gasteiger partial charge >= 0.3 is 0 Å². The molecule has 3 aromatic carbocycles. The van der Waals surface area contributed by atoms with Crippen LogP contribution in [-0.2, 0) is 6.42 Å². The van der Waals surface area contributed by atoms with E-state index in [-0.39, 0.29) is 17.1 Å². The smallest absolute Gasteiger partial charge is 0.251 e. The van der Waals surface area contributed by atoms with E-state index in [0.717, 1.165) is 26.9 Å². The third kappa shape index (κ3) is 4.90. The van der Waals surface area contributed by atoms with Gasteiger partial charge in [-0.3, -0.25) is 9.59 Å². The molecule has 1 aliphatic rings. The minimum absolute atomic E-state index is 0.196. The third-order valence-corrected chi connectivity index (χ3v) is 7.58. The van der Waals surface area contributed by atoms with Crippen molar-refractivity contribution in [2.75, 3.05) is 47.4 Å². The zero-order valence-electron chi connectivity index (χ0n) is 22.3. The molecule has 38 heavy (non-hydrogen) atoms. The van der Waals surface area contributed by atoms with E-state index in [1.807, 2.05) is 43.3 Å². The Hall–Kier alpha value is -3.72. The molecule has 0 spiro atoms. The minimum atomic E-state index is -0.466. The highest BCUT2D eigenvalue weighted by molar-refractivity contribution is 9.10. The average molecular weight is 583 g/mol. The summed E-state index contributed by atoms with van der Waals surface area (Å²) in [7, 11) is 9.98. The molecule has 4 rings (SSSR count). The van der Waals surface area contributed by atoms with E-state index >= 15 is 0 Å². The normalized spacial score (nSPS) is 13.9. The fourth-order valence-electron chi connectivity index (χ4n) is 4.86. The molecule has 3 aromatic rings. The summed E-state index contributed by atoms with van der Waals surface area (Å²) in [5.74, 6) is 1.38. The first-order valence-corrected chi connectivity index (χ1v) is 12.9. The number of rotatable bonds is 7. The van der Waals surface area contributed by atoms with Crippen molar-refractivity contribution < 1.29 is 23.7 Å². The second-order valence-electron chi connectivity index (χ2n) is 9.06. The molecular weight excluding hydrogens is 552 g/mol. The highest BCUT2D eigenvalue weighted by Crippen LogP contribution is 2.54. The number of anilines is 1.